The zero-order valence-electron chi connectivity index (χ0n) is 13.8. The van der Waals surface area contributed by atoms with Crippen LogP contribution in [0.3, 0.4) is 0 Å². The Hall–Kier alpha value is -0.610. The summed E-state index contributed by atoms with van der Waals surface area (Å²) in [7, 11) is 0. The van der Waals surface area contributed by atoms with Crippen LogP contribution in [0.5, 0.6) is 0 Å². The molecule has 1 aliphatic carbocycles. The van der Waals surface area contributed by atoms with Crippen LogP contribution in [0.25, 0.3) is 0 Å². The summed E-state index contributed by atoms with van der Waals surface area (Å²) < 4.78 is 5.96. The summed E-state index contributed by atoms with van der Waals surface area (Å²) in [6, 6.07) is 0.225. The Labute approximate surface area is 123 Å². The quantitative estimate of drug-likeness (QED) is 0.755. The van der Waals surface area contributed by atoms with E-state index < -0.39 is 5.54 Å². The van der Waals surface area contributed by atoms with Crippen LogP contribution in [0.4, 0.5) is 0 Å². The highest BCUT2D eigenvalue weighted by Crippen LogP contribution is 2.36. The second-order valence-corrected chi connectivity index (χ2v) is 7.48. The lowest BCUT2D eigenvalue weighted by atomic mass is 9.76. The van der Waals surface area contributed by atoms with Crippen LogP contribution in [-0.4, -0.2) is 30.2 Å². The third-order valence-corrected chi connectivity index (χ3v) is 4.39. The van der Waals surface area contributed by atoms with Crippen LogP contribution < -0.4 is 11.1 Å². The van der Waals surface area contributed by atoms with Gasteiger partial charge in [0.15, 0.2) is 0 Å². The Balaban J connectivity index is 2.36. The predicted molar refractivity (Wildman–Crippen MR) is 82.5 cm³/mol. The van der Waals surface area contributed by atoms with E-state index in [2.05, 4.69) is 19.2 Å². The van der Waals surface area contributed by atoms with Crippen molar-refractivity contribution in [1.29, 1.82) is 0 Å². The summed E-state index contributed by atoms with van der Waals surface area (Å²) in [6.45, 7) is 11.1. The van der Waals surface area contributed by atoms with Crippen molar-refractivity contribution in [3.05, 3.63) is 0 Å². The van der Waals surface area contributed by atoms with Gasteiger partial charge in [-0.15, -0.1) is 0 Å². The first-order valence-electron chi connectivity index (χ1n) is 7.84. The third-order valence-electron chi connectivity index (χ3n) is 4.39. The first-order chi connectivity index (χ1) is 9.15. The van der Waals surface area contributed by atoms with Gasteiger partial charge in [0, 0.05) is 12.6 Å². The molecule has 1 atom stereocenters. The molecule has 1 amide bonds. The minimum atomic E-state index is -0.678. The van der Waals surface area contributed by atoms with E-state index in [0.29, 0.717) is 24.5 Å². The van der Waals surface area contributed by atoms with E-state index in [-0.39, 0.29) is 11.9 Å². The van der Waals surface area contributed by atoms with Crippen molar-refractivity contribution < 1.29 is 9.53 Å². The van der Waals surface area contributed by atoms with E-state index in [1.807, 2.05) is 20.8 Å². The normalized spacial score (nSPS) is 22.7. The van der Waals surface area contributed by atoms with E-state index in [1.54, 1.807) is 0 Å². The molecule has 4 heteroatoms. The summed E-state index contributed by atoms with van der Waals surface area (Å²) in [5, 5.41) is 3.25. The smallest absolute Gasteiger partial charge is 0.237 e. The first kappa shape index (κ1) is 17.4. The third kappa shape index (κ3) is 5.41. The number of carbonyl (C=O) groups excluding carboxylic acids is 1. The lowest BCUT2D eigenvalue weighted by Gasteiger charge is -2.35. The Kier molecular flexibility index (Phi) is 6.02. The fourth-order valence-corrected chi connectivity index (χ4v) is 2.87. The molecule has 1 aliphatic rings. The molecule has 1 fully saturated rings. The molecule has 0 aromatic rings. The second kappa shape index (κ2) is 6.90. The van der Waals surface area contributed by atoms with Crippen molar-refractivity contribution in [1.82, 2.24) is 5.32 Å². The highest BCUT2D eigenvalue weighted by Gasteiger charge is 2.32. The summed E-state index contributed by atoms with van der Waals surface area (Å²) in [6.07, 6.45) is 5.65. The van der Waals surface area contributed by atoms with Crippen molar-refractivity contribution in [3.63, 3.8) is 0 Å². The summed E-state index contributed by atoms with van der Waals surface area (Å²) >= 11 is 0. The van der Waals surface area contributed by atoms with Gasteiger partial charge in [-0.1, -0.05) is 13.8 Å². The van der Waals surface area contributed by atoms with Gasteiger partial charge in [-0.3, -0.25) is 4.79 Å². The average Bonchev–Trinajstić information content (AvgIpc) is 2.30. The standard InChI is InChI=1S/C16H32N2O2/c1-12(2)18-16(5,14(17)19)10-11-20-13-6-8-15(3,4)9-7-13/h12-13,18H,6-11H2,1-5H3,(H2,17,19). The van der Waals surface area contributed by atoms with Crippen LogP contribution in [0, 0.1) is 5.41 Å². The minimum absolute atomic E-state index is 0.225. The van der Waals surface area contributed by atoms with Gasteiger partial charge >= 0.3 is 0 Å². The number of nitrogens with two attached hydrogens (primary N) is 1. The molecule has 1 rings (SSSR count). The number of ether oxygens (including phenoxy) is 1. The molecule has 3 N–H and O–H groups in total. The van der Waals surface area contributed by atoms with Gasteiger partial charge in [0.2, 0.25) is 5.91 Å². The molecule has 0 radical (unpaired) electrons. The van der Waals surface area contributed by atoms with Gasteiger partial charge in [-0.2, -0.15) is 0 Å². The molecule has 1 saturated carbocycles. The van der Waals surface area contributed by atoms with Crippen molar-refractivity contribution in [2.45, 2.75) is 84.4 Å². The highest BCUT2D eigenvalue weighted by molar-refractivity contribution is 5.84. The molecule has 0 aromatic carbocycles. The number of rotatable bonds is 7. The summed E-state index contributed by atoms with van der Waals surface area (Å²) in [4.78, 5) is 11.6. The SMILES string of the molecule is CC(C)NC(C)(CCOC1CCC(C)(C)CC1)C(N)=O. The van der Waals surface area contributed by atoms with Crippen LogP contribution >= 0.6 is 0 Å². The van der Waals surface area contributed by atoms with Crippen LogP contribution in [0.2, 0.25) is 0 Å². The van der Waals surface area contributed by atoms with Crippen LogP contribution in [-0.2, 0) is 9.53 Å². The Bertz CT molecular complexity index is 318. The van der Waals surface area contributed by atoms with Crippen LogP contribution in [0.15, 0.2) is 0 Å². The lowest BCUT2D eigenvalue weighted by molar-refractivity contribution is -0.125. The van der Waals surface area contributed by atoms with E-state index in [0.717, 1.165) is 12.8 Å². The molecule has 0 aliphatic heterocycles. The highest BCUT2D eigenvalue weighted by atomic mass is 16.5. The fourth-order valence-electron chi connectivity index (χ4n) is 2.87. The fraction of sp³-hybridized carbons (Fsp3) is 0.938. The van der Waals surface area contributed by atoms with Gasteiger partial charge in [0.05, 0.1) is 11.6 Å². The minimum Gasteiger partial charge on any atom is -0.378 e. The summed E-state index contributed by atoms with van der Waals surface area (Å²) in [5.74, 6) is -0.306. The van der Waals surface area contributed by atoms with Crippen molar-refractivity contribution >= 4 is 5.91 Å². The summed E-state index contributed by atoms with van der Waals surface area (Å²) in [5.41, 5.74) is 5.30. The Morgan fingerprint density at radius 1 is 1.40 bits per heavy atom. The van der Waals surface area contributed by atoms with Crippen molar-refractivity contribution in [2.24, 2.45) is 11.1 Å². The molecule has 1 unspecified atom stereocenters. The van der Waals surface area contributed by atoms with Gasteiger partial charge in [0.25, 0.3) is 0 Å². The van der Waals surface area contributed by atoms with Gasteiger partial charge in [-0.05, 0) is 58.3 Å². The maximum Gasteiger partial charge on any atom is 0.237 e. The van der Waals surface area contributed by atoms with Crippen LogP contribution in [0.1, 0.15) is 66.7 Å². The van der Waals surface area contributed by atoms with E-state index in [1.165, 1.54) is 12.8 Å². The molecule has 0 saturated heterocycles. The molecular formula is C16H32N2O2. The number of hydrogen-bond acceptors (Lipinski definition) is 3. The monoisotopic (exact) mass is 284 g/mol. The van der Waals surface area contributed by atoms with Crippen molar-refractivity contribution in [3.8, 4) is 0 Å². The van der Waals surface area contributed by atoms with E-state index in [4.69, 9.17) is 10.5 Å². The largest absolute Gasteiger partial charge is 0.378 e. The number of carbonyl (C=O) groups is 1. The van der Waals surface area contributed by atoms with Gasteiger partial charge in [-0.25, -0.2) is 0 Å². The van der Waals surface area contributed by atoms with E-state index >= 15 is 0 Å². The van der Waals surface area contributed by atoms with Gasteiger partial charge < -0.3 is 15.8 Å². The van der Waals surface area contributed by atoms with E-state index in [9.17, 15) is 4.79 Å². The Morgan fingerprint density at radius 2 is 1.95 bits per heavy atom. The molecule has 0 aromatic heterocycles. The zero-order valence-corrected chi connectivity index (χ0v) is 13.8. The molecule has 0 bridgehead atoms. The second-order valence-electron chi connectivity index (χ2n) is 7.48. The topological polar surface area (TPSA) is 64.3 Å². The lowest BCUT2D eigenvalue weighted by Crippen LogP contribution is -2.56. The average molecular weight is 284 g/mol. The molecule has 118 valence electrons. The molecular weight excluding hydrogens is 252 g/mol. The molecule has 4 nitrogen and oxygen atoms in total. The number of nitrogens with one attached hydrogen (secondary N) is 1. The molecule has 20 heavy (non-hydrogen) atoms. The number of primary amides is 1. The zero-order chi connectivity index (χ0) is 15.4. The Morgan fingerprint density at radius 3 is 2.40 bits per heavy atom. The molecule has 0 spiro atoms. The van der Waals surface area contributed by atoms with Crippen molar-refractivity contribution in [2.75, 3.05) is 6.61 Å². The first-order valence-corrected chi connectivity index (χ1v) is 7.84. The predicted octanol–water partition coefficient (Wildman–Crippen LogP) is 2.60. The number of hydrogen-bond donors (Lipinski definition) is 2. The number of amides is 1. The maximum absolute atomic E-state index is 11.6. The molecule has 0 heterocycles. The van der Waals surface area contributed by atoms with Gasteiger partial charge in [0.1, 0.15) is 0 Å². The maximum atomic E-state index is 11.6.